The van der Waals surface area contributed by atoms with Crippen LogP contribution in [0.25, 0.3) is 11.3 Å². The van der Waals surface area contributed by atoms with Crippen molar-refractivity contribution in [1.29, 1.82) is 0 Å². The Morgan fingerprint density at radius 3 is 2.48 bits per heavy atom. The van der Waals surface area contributed by atoms with Crippen LogP contribution in [0.1, 0.15) is 31.5 Å². The topological polar surface area (TPSA) is 44.6 Å². The number of benzene rings is 1. The van der Waals surface area contributed by atoms with Crippen molar-refractivity contribution in [1.82, 2.24) is 24.3 Å². The number of rotatable bonds is 1. The van der Waals surface area contributed by atoms with Gasteiger partial charge in [0.15, 0.2) is 0 Å². The molecular weight excluding hydrogens is 369 g/mol. The molecule has 7 heteroatoms. The molecule has 0 radical (unpaired) electrons. The van der Waals surface area contributed by atoms with Crippen LogP contribution in [0.3, 0.4) is 0 Å². The highest BCUT2D eigenvalue weighted by Gasteiger charge is 2.46. The van der Waals surface area contributed by atoms with Crippen LogP contribution in [-0.4, -0.2) is 70.1 Å². The zero-order valence-corrected chi connectivity index (χ0v) is 17.0. The van der Waals surface area contributed by atoms with Crippen LogP contribution in [-0.2, 0) is 12.1 Å². The van der Waals surface area contributed by atoms with E-state index in [1.807, 2.05) is 22.1 Å². The molecule has 4 heterocycles. The molecule has 29 heavy (non-hydrogen) atoms. The highest BCUT2D eigenvalue weighted by atomic mass is 19.1. The van der Waals surface area contributed by atoms with Gasteiger partial charge in [0.2, 0.25) is 0 Å². The van der Waals surface area contributed by atoms with E-state index < -0.39 is 0 Å². The van der Waals surface area contributed by atoms with Crippen LogP contribution < -0.4 is 0 Å². The number of hydrogen-bond donors (Lipinski definition) is 0. The van der Waals surface area contributed by atoms with Crippen molar-refractivity contribution in [2.24, 2.45) is 0 Å². The number of carbonyl (C=O) groups is 1. The molecule has 3 aliphatic heterocycles. The Hall–Kier alpha value is -2.41. The third-order valence-corrected chi connectivity index (χ3v) is 7.02. The molecule has 1 aromatic carbocycles. The van der Waals surface area contributed by atoms with Gasteiger partial charge in [-0.05, 0) is 44.9 Å². The van der Waals surface area contributed by atoms with Gasteiger partial charge in [0.25, 0.3) is 0 Å². The number of likely N-dealkylation sites (N-methyl/N-ethyl adjacent to an activating group) is 1. The van der Waals surface area contributed by atoms with Crippen LogP contribution in [0.5, 0.6) is 0 Å². The molecule has 5 rings (SSSR count). The lowest BCUT2D eigenvalue weighted by Gasteiger charge is -2.49. The van der Waals surface area contributed by atoms with Crippen molar-refractivity contribution < 1.29 is 9.18 Å². The van der Waals surface area contributed by atoms with Crippen LogP contribution >= 0.6 is 0 Å². The Kier molecular flexibility index (Phi) is 4.57. The minimum Gasteiger partial charge on any atom is -0.325 e. The molecule has 2 saturated heterocycles. The minimum atomic E-state index is -0.227. The van der Waals surface area contributed by atoms with Crippen molar-refractivity contribution in [3.05, 3.63) is 42.1 Å². The number of hydrogen-bond acceptors (Lipinski definition) is 3. The molecule has 0 N–H and O–H groups in total. The smallest absolute Gasteiger partial charge is 0.319 e. The van der Waals surface area contributed by atoms with Crippen LogP contribution in [0.2, 0.25) is 0 Å². The molecule has 154 valence electrons. The summed E-state index contributed by atoms with van der Waals surface area (Å²) in [6.07, 6.45) is 5.87. The maximum Gasteiger partial charge on any atom is 0.319 e. The summed E-state index contributed by atoms with van der Waals surface area (Å²) in [5.74, 6) is 0.827. The number of aromatic nitrogens is 2. The van der Waals surface area contributed by atoms with Gasteiger partial charge in [0.1, 0.15) is 11.6 Å². The van der Waals surface area contributed by atoms with Crippen LogP contribution in [0.4, 0.5) is 9.18 Å². The first-order valence-electron chi connectivity index (χ1n) is 10.7. The van der Waals surface area contributed by atoms with E-state index in [0.717, 1.165) is 82.0 Å². The van der Waals surface area contributed by atoms with E-state index in [1.165, 1.54) is 6.07 Å². The second kappa shape index (κ2) is 7.13. The molecule has 0 unspecified atom stereocenters. The quantitative estimate of drug-likeness (QED) is 0.743. The predicted molar refractivity (Wildman–Crippen MR) is 109 cm³/mol. The molecular formula is C22H28FN5O. The fraction of sp³-hybridized carbons (Fsp3) is 0.545. The van der Waals surface area contributed by atoms with Crippen molar-refractivity contribution in [3.8, 4) is 11.3 Å². The number of imidazole rings is 1. The standard InChI is InChI=1S/C22H28FN5O/c1-25-13-14-28-19(17-5-4-6-18(23)15-17)16-24-20(28)22(25)7-11-27(12-8-22)21(29)26-9-2-3-10-26/h4-6,15-16H,2-3,7-14H2,1H3. The minimum absolute atomic E-state index is 0.161. The number of carbonyl (C=O) groups excluding carboxylic acids is 1. The van der Waals surface area contributed by atoms with Gasteiger partial charge in [-0.2, -0.15) is 0 Å². The average Bonchev–Trinajstić information content (AvgIpc) is 3.41. The van der Waals surface area contributed by atoms with Crippen molar-refractivity contribution in [2.75, 3.05) is 39.8 Å². The van der Waals surface area contributed by atoms with E-state index in [9.17, 15) is 9.18 Å². The van der Waals surface area contributed by atoms with E-state index in [0.29, 0.717) is 0 Å². The van der Waals surface area contributed by atoms with Crippen molar-refractivity contribution in [3.63, 3.8) is 0 Å². The van der Waals surface area contributed by atoms with Gasteiger partial charge < -0.3 is 14.4 Å². The third kappa shape index (κ3) is 3.03. The largest absolute Gasteiger partial charge is 0.325 e. The highest BCUT2D eigenvalue weighted by molar-refractivity contribution is 5.75. The second-order valence-corrected chi connectivity index (χ2v) is 8.55. The number of amides is 2. The summed E-state index contributed by atoms with van der Waals surface area (Å²) < 4.78 is 16.0. The second-order valence-electron chi connectivity index (χ2n) is 8.55. The number of halogens is 1. The Balaban J connectivity index is 1.41. The van der Waals surface area contributed by atoms with Gasteiger partial charge in [0, 0.05) is 44.8 Å². The molecule has 1 aromatic heterocycles. The molecule has 2 aromatic rings. The van der Waals surface area contributed by atoms with Crippen molar-refractivity contribution >= 4 is 6.03 Å². The van der Waals surface area contributed by atoms with E-state index in [1.54, 1.807) is 12.1 Å². The molecule has 6 nitrogen and oxygen atoms in total. The summed E-state index contributed by atoms with van der Waals surface area (Å²) in [7, 11) is 2.16. The first kappa shape index (κ1) is 18.6. The van der Waals surface area contributed by atoms with Crippen LogP contribution in [0.15, 0.2) is 30.5 Å². The molecule has 0 bridgehead atoms. The number of piperidine rings is 1. The molecule has 3 aliphatic rings. The number of nitrogens with zero attached hydrogens (tertiary/aromatic N) is 5. The monoisotopic (exact) mass is 397 g/mol. The lowest BCUT2D eigenvalue weighted by Crippen LogP contribution is -2.58. The van der Waals surface area contributed by atoms with Crippen molar-refractivity contribution in [2.45, 2.75) is 37.8 Å². The molecule has 2 fully saturated rings. The summed E-state index contributed by atoms with van der Waals surface area (Å²) >= 11 is 0. The van der Waals surface area contributed by atoms with Gasteiger partial charge in [-0.3, -0.25) is 4.90 Å². The molecule has 2 amide bonds. The number of likely N-dealkylation sites (tertiary alicyclic amines) is 2. The average molecular weight is 397 g/mol. The highest BCUT2D eigenvalue weighted by Crippen LogP contribution is 2.41. The summed E-state index contributed by atoms with van der Waals surface area (Å²) in [5.41, 5.74) is 1.68. The third-order valence-electron chi connectivity index (χ3n) is 7.02. The molecule has 0 aliphatic carbocycles. The van der Waals surface area contributed by atoms with Gasteiger partial charge in [0.05, 0.1) is 17.4 Å². The molecule has 0 atom stereocenters. The number of urea groups is 1. The predicted octanol–water partition coefficient (Wildman–Crippen LogP) is 3.14. The SMILES string of the molecule is CN1CCn2c(-c3cccc(F)c3)cnc2C12CCN(C(=O)N1CCCC1)CC2. The van der Waals surface area contributed by atoms with E-state index in [-0.39, 0.29) is 17.4 Å². The maximum absolute atomic E-state index is 13.8. The van der Waals surface area contributed by atoms with Gasteiger partial charge in [-0.25, -0.2) is 14.2 Å². The summed E-state index contributed by atoms with van der Waals surface area (Å²) in [4.78, 5) is 24.0. The summed E-state index contributed by atoms with van der Waals surface area (Å²) in [5, 5.41) is 0. The molecule has 1 spiro atoms. The Morgan fingerprint density at radius 2 is 1.76 bits per heavy atom. The van der Waals surface area contributed by atoms with Gasteiger partial charge >= 0.3 is 6.03 Å². The fourth-order valence-corrected chi connectivity index (χ4v) is 5.27. The van der Waals surface area contributed by atoms with Crippen LogP contribution in [0, 0.1) is 5.82 Å². The zero-order valence-electron chi connectivity index (χ0n) is 17.0. The first-order chi connectivity index (χ1) is 14.1. The van der Waals surface area contributed by atoms with Gasteiger partial charge in [-0.1, -0.05) is 12.1 Å². The maximum atomic E-state index is 13.8. The fourth-order valence-electron chi connectivity index (χ4n) is 5.27. The van der Waals surface area contributed by atoms with Gasteiger partial charge in [-0.15, -0.1) is 0 Å². The lowest BCUT2D eigenvalue weighted by molar-refractivity contribution is 0.0151. The summed E-state index contributed by atoms with van der Waals surface area (Å²) in [6, 6.07) is 6.93. The Bertz CT molecular complexity index is 912. The Labute approximate surface area is 170 Å². The Morgan fingerprint density at radius 1 is 1.03 bits per heavy atom. The van der Waals surface area contributed by atoms with E-state index >= 15 is 0 Å². The van der Waals surface area contributed by atoms with E-state index in [2.05, 4.69) is 16.5 Å². The molecule has 0 saturated carbocycles. The normalized spacial score (nSPS) is 21.6. The van der Waals surface area contributed by atoms with E-state index in [4.69, 9.17) is 4.98 Å². The number of fused-ring (bicyclic) bond motifs is 2. The lowest BCUT2D eigenvalue weighted by atomic mass is 9.83. The zero-order chi connectivity index (χ0) is 20.0. The first-order valence-corrected chi connectivity index (χ1v) is 10.7. The summed E-state index contributed by atoms with van der Waals surface area (Å²) in [6.45, 7) is 5.05.